The van der Waals surface area contributed by atoms with Gasteiger partial charge in [-0.05, 0) is 38.0 Å². The zero-order valence-electron chi connectivity index (χ0n) is 12.3. The third-order valence-corrected chi connectivity index (χ3v) is 3.92. The minimum absolute atomic E-state index is 0.0469. The highest BCUT2D eigenvalue weighted by Gasteiger charge is 2.29. The molecule has 1 aliphatic rings. The Bertz CT molecular complexity index is 580. The predicted molar refractivity (Wildman–Crippen MR) is 81.3 cm³/mol. The molecule has 0 saturated heterocycles. The van der Waals surface area contributed by atoms with Gasteiger partial charge in [-0.1, -0.05) is 31.1 Å². The van der Waals surface area contributed by atoms with Crippen LogP contribution in [0, 0.1) is 17.7 Å². The molecule has 3 N–H and O–H groups in total. The normalized spacial score (nSPS) is 16.7. The van der Waals surface area contributed by atoms with Gasteiger partial charge in [0.25, 0.3) is 5.91 Å². The van der Waals surface area contributed by atoms with Gasteiger partial charge in [-0.15, -0.1) is 0 Å². The Morgan fingerprint density at radius 1 is 1.38 bits per heavy atom. The summed E-state index contributed by atoms with van der Waals surface area (Å²) in [5, 5.41) is 2.98. The molecule has 112 valence electrons. The third kappa shape index (κ3) is 4.05. The van der Waals surface area contributed by atoms with Crippen molar-refractivity contribution < 1.29 is 9.18 Å². The van der Waals surface area contributed by atoms with E-state index in [2.05, 4.69) is 17.2 Å². The molecule has 1 aromatic rings. The average molecular weight is 288 g/mol. The number of halogens is 1. The minimum Gasteiger partial charge on any atom is -0.347 e. The first kappa shape index (κ1) is 15.5. The molecule has 0 aromatic heterocycles. The van der Waals surface area contributed by atoms with E-state index >= 15 is 0 Å². The summed E-state index contributed by atoms with van der Waals surface area (Å²) < 4.78 is 13.9. The van der Waals surface area contributed by atoms with Crippen LogP contribution < -0.4 is 11.1 Å². The van der Waals surface area contributed by atoms with Crippen molar-refractivity contribution in [3.8, 4) is 11.8 Å². The maximum Gasteiger partial charge on any atom is 0.254 e. The van der Waals surface area contributed by atoms with Crippen molar-refractivity contribution in [3.63, 3.8) is 0 Å². The van der Waals surface area contributed by atoms with E-state index in [-0.39, 0.29) is 23.6 Å². The lowest BCUT2D eigenvalue weighted by Crippen LogP contribution is -2.47. The molecule has 21 heavy (non-hydrogen) atoms. The lowest BCUT2D eigenvalue weighted by atomic mass is 9.83. The highest BCUT2D eigenvalue weighted by Crippen LogP contribution is 2.28. The highest BCUT2D eigenvalue weighted by atomic mass is 19.1. The number of rotatable bonds is 2. The third-order valence-electron chi connectivity index (χ3n) is 3.92. The summed E-state index contributed by atoms with van der Waals surface area (Å²) >= 11 is 0. The van der Waals surface area contributed by atoms with Gasteiger partial charge in [0.15, 0.2) is 0 Å². The Hall–Kier alpha value is -1.86. The van der Waals surface area contributed by atoms with Crippen LogP contribution in [0.2, 0.25) is 0 Å². The van der Waals surface area contributed by atoms with Gasteiger partial charge in [-0.3, -0.25) is 4.79 Å². The quantitative estimate of drug-likeness (QED) is 0.822. The molecule has 1 aliphatic carbocycles. The lowest BCUT2D eigenvalue weighted by molar-refractivity contribution is 0.0878. The number of benzene rings is 1. The Balaban J connectivity index is 2.18. The predicted octanol–water partition coefficient (Wildman–Crippen LogP) is 2.59. The van der Waals surface area contributed by atoms with E-state index in [1.165, 1.54) is 18.6 Å². The van der Waals surface area contributed by atoms with Crippen LogP contribution >= 0.6 is 0 Å². The Morgan fingerprint density at radius 2 is 2.10 bits per heavy atom. The zero-order valence-corrected chi connectivity index (χ0v) is 12.3. The number of amides is 1. The van der Waals surface area contributed by atoms with E-state index in [4.69, 9.17) is 5.73 Å². The van der Waals surface area contributed by atoms with E-state index in [0.29, 0.717) is 5.56 Å². The largest absolute Gasteiger partial charge is 0.347 e. The molecule has 0 radical (unpaired) electrons. The molecule has 2 rings (SSSR count). The number of nitrogens with one attached hydrogen (secondary N) is 1. The first-order valence-corrected chi connectivity index (χ1v) is 7.35. The molecule has 1 amide bonds. The van der Waals surface area contributed by atoms with Crippen molar-refractivity contribution in [2.45, 2.75) is 44.6 Å². The van der Waals surface area contributed by atoms with E-state index in [0.717, 1.165) is 25.7 Å². The van der Waals surface area contributed by atoms with Crippen LogP contribution in [0.1, 0.15) is 54.9 Å². The first-order chi connectivity index (χ1) is 10.0. The van der Waals surface area contributed by atoms with Crippen LogP contribution in [0.25, 0.3) is 0 Å². The van der Waals surface area contributed by atoms with Crippen LogP contribution in [0.3, 0.4) is 0 Å². The Kier molecular flexibility index (Phi) is 4.98. The topological polar surface area (TPSA) is 55.1 Å². The zero-order chi connectivity index (χ0) is 15.3. The summed E-state index contributed by atoms with van der Waals surface area (Å²) in [7, 11) is 0. The van der Waals surface area contributed by atoms with Crippen LogP contribution in [-0.2, 0) is 0 Å². The highest BCUT2D eigenvalue weighted by molar-refractivity contribution is 5.95. The van der Waals surface area contributed by atoms with E-state index in [9.17, 15) is 9.18 Å². The molecular weight excluding hydrogens is 267 g/mol. The maximum absolute atomic E-state index is 13.9. The van der Waals surface area contributed by atoms with E-state index < -0.39 is 5.82 Å². The molecule has 0 heterocycles. The monoisotopic (exact) mass is 288 g/mol. The van der Waals surface area contributed by atoms with Crippen molar-refractivity contribution >= 4 is 5.91 Å². The molecule has 1 saturated carbocycles. The van der Waals surface area contributed by atoms with Crippen LogP contribution in [-0.4, -0.2) is 18.0 Å². The fourth-order valence-corrected chi connectivity index (χ4v) is 2.73. The van der Waals surface area contributed by atoms with E-state index in [1.807, 2.05) is 6.92 Å². The molecule has 0 spiro atoms. The van der Waals surface area contributed by atoms with Gasteiger partial charge < -0.3 is 11.1 Å². The van der Waals surface area contributed by atoms with Crippen molar-refractivity contribution in [1.29, 1.82) is 0 Å². The summed E-state index contributed by atoms with van der Waals surface area (Å²) in [4.78, 5) is 12.3. The number of carbonyl (C=O) groups excluding carboxylic acids is 1. The fraction of sp³-hybridized carbons (Fsp3) is 0.471. The molecule has 0 unspecified atom stereocenters. The van der Waals surface area contributed by atoms with Crippen molar-refractivity contribution in [3.05, 3.63) is 35.1 Å². The SMILES string of the molecule is CC1(NC(=O)c2cc(C#CCN)ccc2F)CCCCC1. The van der Waals surface area contributed by atoms with Crippen LogP contribution in [0.5, 0.6) is 0 Å². The molecule has 3 nitrogen and oxygen atoms in total. The fourth-order valence-electron chi connectivity index (χ4n) is 2.73. The van der Waals surface area contributed by atoms with Gasteiger partial charge in [0, 0.05) is 11.1 Å². The molecule has 0 bridgehead atoms. The summed E-state index contributed by atoms with van der Waals surface area (Å²) in [5.74, 6) is 4.63. The smallest absolute Gasteiger partial charge is 0.254 e. The second-order valence-electron chi connectivity index (χ2n) is 5.78. The second-order valence-corrected chi connectivity index (χ2v) is 5.78. The number of nitrogens with two attached hydrogens (primary N) is 1. The van der Waals surface area contributed by atoms with E-state index in [1.54, 1.807) is 6.07 Å². The van der Waals surface area contributed by atoms with Crippen molar-refractivity contribution in [2.24, 2.45) is 5.73 Å². The summed E-state index contributed by atoms with van der Waals surface area (Å²) in [6.07, 6.45) is 5.27. The molecule has 1 fully saturated rings. The molecule has 0 atom stereocenters. The summed E-state index contributed by atoms with van der Waals surface area (Å²) in [6.45, 7) is 2.26. The van der Waals surface area contributed by atoms with Crippen LogP contribution in [0.15, 0.2) is 18.2 Å². The van der Waals surface area contributed by atoms with Gasteiger partial charge >= 0.3 is 0 Å². The maximum atomic E-state index is 13.9. The lowest BCUT2D eigenvalue weighted by Gasteiger charge is -2.34. The van der Waals surface area contributed by atoms with Gasteiger partial charge in [0.2, 0.25) is 0 Å². The van der Waals surface area contributed by atoms with Gasteiger partial charge in [-0.25, -0.2) is 4.39 Å². The minimum atomic E-state index is -0.523. The molecule has 4 heteroatoms. The van der Waals surface area contributed by atoms with Crippen LogP contribution in [0.4, 0.5) is 4.39 Å². The Morgan fingerprint density at radius 3 is 2.76 bits per heavy atom. The standard InChI is InChI=1S/C17H21FN2O/c1-17(9-3-2-4-10-17)20-16(21)14-12-13(6-5-11-19)7-8-15(14)18/h7-8,12H,2-4,9-11,19H2,1H3,(H,20,21). The average Bonchev–Trinajstić information content (AvgIpc) is 2.46. The molecular formula is C17H21FN2O. The number of hydrogen-bond donors (Lipinski definition) is 2. The van der Waals surface area contributed by atoms with Gasteiger partial charge in [-0.2, -0.15) is 0 Å². The molecule has 0 aliphatic heterocycles. The molecule has 1 aromatic carbocycles. The van der Waals surface area contributed by atoms with Crippen molar-refractivity contribution in [1.82, 2.24) is 5.32 Å². The first-order valence-electron chi connectivity index (χ1n) is 7.35. The summed E-state index contributed by atoms with van der Waals surface area (Å²) in [5.41, 5.74) is 5.73. The van der Waals surface area contributed by atoms with Gasteiger partial charge in [0.1, 0.15) is 5.82 Å². The van der Waals surface area contributed by atoms with Gasteiger partial charge in [0.05, 0.1) is 12.1 Å². The number of carbonyl (C=O) groups is 1. The number of hydrogen-bond acceptors (Lipinski definition) is 2. The van der Waals surface area contributed by atoms with Crippen molar-refractivity contribution in [2.75, 3.05) is 6.54 Å². The Labute approximate surface area is 125 Å². The summed E-state index contributed by atoms with van der Waals surface area (Å²) in [6, 6.07) is 4.31. The second kappa shape index (κ2) is 6.73.